The molecule has 3 heteroatoms. The molecular formula is C19H18O3. The Morgan fingerprint density at radius 3 is 1.36 bits per heavy atom. The maximum atomic E-state index is 12.4. The van der Waals surface area contributed by atoms with Crippen molar-refractivity contribution in [1.29, 1.82) is 0 Å². The number of ketones is 3. The van der Waals surface area contributed by atoms with Crippen LogP contribution in [0.1, 0.15) is 43.0 Å². The van der Waals surface area contributed by atoms with E-state index in [-0.39, 0.29) is 0 Å². The number of carbonyl (C=O) groups excluding carboxylic acids is 3. The predicted molar refractivity (Wildman–Crippen MR) is 85.5 cm³/mol. The number of aryl methyl sites for hydroxylation is 2. The molecule has 0 radical (unpaired) electrons. The number of hydrogen-bond acceptors (Lipinski definition) is 3. The van der Waals surface area contributed by atoms with E-state index in [1.807, 2.05) is 26.0 Å². The molecule has 0 N–H and O–H groups in total. The fourth-order valence-corrected chi connectivity index (χ4v) is 2.34. The van der Waals surface area contributed by atoms with Gasteiger partial charge in [0.25, 0.3) is 5.78 Å². The zero-order valence-corrected chi connectivity index (χ0v) is 13.2. The highest BCUT2D eigenvalue weighted by Gasteiger charge is 2.27. The van der Waals surface area contributed by atoms with Gasteiger partial charge < -0.3 is 0 Å². The lowest BCUT2D eigenvalue weighted by atomic mass is 9.92. The van der Waals surface area contributed by atoms with Crippen molar-refractivity contribution in [1.82, 2.24) is 0 Å². The Morgan fingerprint density at radius 2 is 1.00 bits per heavy atom. The summed E-state index contributed by atoms with van der Waals surface area (Å²) in [6.07, 6.45) is 0. The van der Waals surface area contributed by atoms with Crippen LogP contribution in [0.25, 0.3) is 0 Å². The Bertz CT molecular complexity index is 720. The van der Waals surface area contributed by atoms with Crippen molar-refractivity contribution < 1.29 is 14.4 Å². The van der Waals surface area contributed by atoms with Crippen LogP contribution < -0.4 is 0 Å². The summed E-state index contributed by atoms with van der Waals surface area (Å²) >= 11 is 0. The second-order valence-electron chi connectivity index (χ2n) is 5.48. The van der Waals surface area contributed by atoms with Crippen molar-refractivity contribution in [2.45, 2.75) is 27.7 Å². The van der Waals surface area contributed by atoms with Crippen molar-refractivity contribution in [3.05, 3.63) is 69.8 Å². The van der Waals surface area contributed by atoms with E-state index in [4.69, 9.17) is 0 Å². The molecule has 2 rings (SSSR count). The third-order valence-corrected chi connectivity index (χ3v) is 4.11. The molecule has 112 valence electrons. The molecule has 0 amide bonds. The van der Waals surface area contributed by atoms with Gasteiger partial charge in [0.2, 0.25) is 11.6 Å². The average molecular weight is 294 g/mol. The minimum atomic E-state index is -0.984. The van der Waals surface area contributed by atoms with E-state index in [2.05, 4.69) is 0 Å². The Labute approximate surface area is 130 Å². The number of hydrogen-bond donors (Lipinski definition) is 0. The van der Waals surface area contributed by atoms with E-state index < -0.39 is 17.3 Å². The van der Waals surface area contributed by atoms with Gasteiger partial charge in [-0.05, 0) is 49.9 Å². The molecule has 0 saturated heterocycles. The molecule has 0 saturated carbocycles. The molecule has 0 aliphatic rings. The molecule has 0 aliphatic heterocycles. The topological polar surface area (TPSA) is 51.2 Å². The van der Waals surface area contributed by atoms with Gasteiger partial charge >= 0.3 is 0 Å². The fourth-order valence-electron chi connectivity index (χ4n) is 2.34. The van der Waals surface area contributed by atoms with E-state index in [0.717, 1.165) is 22.3 Å². The molecule has 0 heterocycles. The quantitative estimate of drug-likeness (QED) is 0.492. The van der Waals surface area contributed by atoms with E-state index >= 15 is 0 Å². The van der Waals surface area contributed by atoms with Crippen LogP contribution in [0, 0.1) is 27.7 Å². The standard InChI is InChI=1S/C19H18O3/c1-11-7-5-9-15(13(11)3)17(20)19(22)18(21)16-10-6-8-12(2)14(16)4/h5-10H,1-4H3. The van der Waals surface area contributed by atoms with Crippen molar-refractivity contribution in [2.75, 3.05) is 0 Å². The van der Waals surface area contributed by atoms with Crippen molar-refractivity contribution in [3.63, 3.8) is 0 Å². The first-order valence-electron chi connectivity index (χ1n) is 7.10. The minimum absolute atomic E-state index is 0.295. The maximum absolute atomic E-state index is 12.4. The Kier molecular flexibility index (Phi) is 4.36. The molecule has 0 atom stereocenters. The van der Waals surface area contributed by atoms with Gasteiger partial charge in [-0.1, -0.05) is 36.4 Å². The second kappa shape index (κ2) is 6.06. The normalized spacial score (nSPS) is 10.4. The Morgan fingerprint density at radius 1 is 0.636 bits per heavy atom. The molecule has 0 aliphatic carbocycles. The zero-order chi connectivity index (χ0) is 16.4. The molecule has 22 heavy (non-hydrogen) atoms. The number of Topliss-reactive ketones (excluding diaryl/α,β-unsaturated/α-hetero) is 3. The van der Waals surface area contributed by atoms with Gasteiger partial charge in [0.15, 0.2) is 0 Å². The average Bonchev–Trinajstić information content (AvgIpc) is 2.50. The SMILES string of the molecule is Cc1cccc(C(=O)C(=O)C(=O)c2cccc(C)c2C)c1C. The van der Waals surface area contributed by atoms with Gasteiger partial charge in [-0.2, -0.15) is 0 Å². The smallest absolute Gasteiger partial charge is 0.273 e. The van der Waals surface area contributed by atoms with Crippen LogP contribution in [0.15, 0.2) is 36.4 Å². The van der Waals surface area contributed by atoms with E-state index in [0.29, 0.717) is 11.1 Å². The summed E-state index contributed by atoms with van der Waals surface area (Å²) in [5.41, 5.74) is 3.88. The zero-order valence-electron chi connectivity index (χ0n) is 13.2. The highest BCUT2D eigenvalue weighted by Crippen LogP contribution is 2.17. The van der Waals surface area contributed by atoms with Crippen molar-refractivity contribution in [3.8, 4) is 0 Å². The van der Waals surface area contributed by atoms with Crippen molar-refractivity contribution >= 4 is 17.3 Å². The van der Waals surface area contributed by atoms with E-state index in [1.165, 1.54) is 0 Å². The summed E-state index contributed by atoms with van der Waals surface area (Å²) < 4.78 is 0. The first-order chi connectivity index (χ1) is 10.3. The Hall–Kier alpha value is -2.55. The van der Waals surface area contributed by atoms with Gasteiger partial charge in [-0.25, -0.2) is 0 Å². The highest BCUT2D eigenvalue weighted by atomic mass is 16.2. The first-order valence-corrected chi connectivity index (χ1v) is 7.10. The lowest BCUT2D eigenvalue weighted by molar-refractivity contribution is -0.111. The fraction of sp³-hybridized carbons (Fsp3) is 0.211. The first kappa shape index (κ1) is 15.8. The van der Waals surface area contributed by atoms with Crippen LogP contribution in [0.3, 0.4) is 0 Å². The van der Waals surface area contributed by atoms with Crippen molar-refractivity contribution in [2.24, 2.45) is 0 Å². The van der Waals surface area contributed by atoms with Crippen LogP contribution in [0.4, 0.5) is 0 Å². The molecule has 0 spiro atoms. The van der Waals surface area contributed by atoms with E-state index in [1.54, 1.807) is 38.1 Å². The summed E-state index contributed by atoms with van der Waals surface area (Å²) in [7, 11) is 0. The highest BCUT2D eigenvalue weighted by molar-refractivity contribution is 6.70. The van der Waals surface area contributed by atoms with Gasteiger partial charge in [0.05, 0.1) is 0 Å². The largest absolute Gasteiger partial charge is 0.285 e. The maximum Gasteiger partial charge on any atom is 0.273 e. The van der Waals surface area contributed by atoms with Gasteiger partial charge in [-0.3, -0.25) is 14.4 Å². The molecule has 0 fully saturated rings. The van der Waals surface area contributed by atoms with Gasteiger partial charge in [0, 0.05) is 11.1 Å². The number of rotatable bonds is 4. The number of benzene rings is 2. The third kappa shape index (κ3) is 2.75. The summed E-state index contributed by atoms with van der Waals surface area (Å²) in [6, 6.07) is 10.3. The lowest BCUT2D eigenvalue weighted by Crippen LogP contribution is -2.25. The van der Waals surface area contributed by atoms with Crippen LogP contribution in [-0.2, 0) is 4.79 Å². The lowest BCUT2D eigenvalue weighted by Gasteiger charge is -2.08. The molecule has 0 unspecified atom stereocenters. The minimum Gasteiger partial charge on any atom is -0.285 e. The third-order valence-electron chi connectivity index (χ3n) is 4.11. The molecule has 0 bridgehead atoms. The molecule has 3 nitrogen and oxygen atoms in total. The van der Waals surface area contributed by atoms with Crippen LogP contribution in [0.5, 0.6) is 0 Å². The summed E-state index contributed by atoms with van der Waals surface area (Å²) in [5.74, 6) is -2.47. The molecule has 2 aromatic carbocycles. The summed E-state index contributed by atoms with van der Waals surface area (Å²) in [5, 5.41) is 0. The molecular weight excluding hydrogens is 276 g/mol. The van der Waals surface area contributed by atoms with Gasteiger partial charge in [0.1, 0.15) is 0 Å². The Balaban J connectivity index is 2.39. The predicted octanol–water partition coefficient (Wildman–Crippen LogP) is 3.55. The van der Waals surface area contributed by atoms with Crippen LogP contribution >= 0.6 is 0 Å². The molecule has 2 aromatic rings. The van der Waals surface area contributed by atoms with Crippen LogP contribution in [-0.4, -0.2) is 17.3 Å². The van der Waals surface area contributed by atoms with Crippen LogP contribution in [0.2, 0.25) is 0 Å². The second-order valence-corrected chi connectivity index (χ2v) is 5.48. The van der Waals surface area contributed by atoms with E-state index in [9.17, 15) is 14.4 Å². The molecule has 0 aromatic heterocycles. The monoisotopic (exact) mass is 294 g/mol. The van der Waals surface area contributed by atoms with Gasteiger partial charge in [-0.15, -0.1) is 0 Å². The number of carbonyl (C=O) groups is 3. The summed E-state index contributed by atoms with van der Waals surface area (Å²) in [6.45, 7) is 7.28. The summed E-state index contributed by atoms with van der Waals surface area (Å²) in [4.78, 5) is 37.0.